The zero-order valence-electron chi connectivity index (χ0n) is 14.5. The van der Waals surface area contributed by atoms with E-state index in [0.717, 1.165) is 11.8 Å². The van der Waals surface area contributed by atoms with E-state index >= 15 is 0 Å². The molecule has 3 rings (SSSR count). The lowest BCUT2D eigenvalue weighted by molar-refractivity contribution is -0.387. The Bertz CT molecular complexity index is 1050. The topological polar surface area (TPSA) is 83.7 Å². The van der Waals surface area contributed by atoms with Crippen LogP contribution in [0.2, 0.25) is 10.0 Å². The summed E-state index contributed by atoms with van der Waals surface area (Å²) in [6.07, 6.45) is 1.55. The van der Waals surface area contributed by atoms with Gasteiger partial charge in [0.2, 0.25) is 0 Å². The molecule has 11 heteroatoms. The lowest BCUT2D eigenvalue weighted by Crippen LogP contribution is -2.27. The fraction of sp³-hybridized carbons (Fsp3) is 0.111. The molecule has 1 aliphatic heterocycles. The minimum Gasteiger partial charge on any atom is -0.396 e. The number of thioether (sulfide) groups is 2. The van der Waals surface area contributed by atoms with Gasteiger partial charge < -0.3 is 5.11 Å². The number of hydrogen-bond acceptors (Lipinski definition) is 7. The van der Waals surface area contributed by atoms with E-state index in [1.165, 1.54) is 28.8 Å². The molecular weight excluding hydrogens is 475 g/mol. The molecule has 0 aliphatic carbocycles. The molecule has 1 aliphatic rings. The number of aliphatic hydroxyl groups excluding tert-OH is 1. The number of amides is 1. The predicted octanol–water partition coefficient (Wildman–Crippen LogP) is 5.39. The summed E-state index contributed by atoms with van der Waals surface area (Å²) in [6, 6.07) is 9.40. The summed E-state index contributed by atoms with van der Waals surface area (Å²) in [5.74, 6) is -0.0219. The molecule has 0 aromatic heterocycles. The van der Waals surface area contributed by atoms with Crippen LogP contribution >= 0.6 is 58.9 Å². The van der Waals surface area contributed by atoms with Crippen LogP contribution in [0, 0.1) is 10.1 Å². The summed E-state index contributed by atoms with van der Waals surface area (Å²) in [5, 5.41) is 21.0. The van der Waals surface area contributed by atoms with E-state index in [4.69, 9.17) is 40.5 Å². The second-order valence-corrected chi connectivity index (χ2v) is 9.33. The normalized spacial score (nSPS) is 15.4. The van der Waals surface area contributed by atoms with Crippen LogP contribution in [0.5, 0.6) is 0 Å². The molecule has 150 valence electrons. The van der Waals surface area contributed by atoms with E-state index < -0.39 is 4.92 Å². The Kier molecular flexibility index (Phi) is 7.20. The highest BCUT2D eigenvalue weighted by Crippen LogP contribution is 2.40. The zero-order valence-corrected chi connectivity index (χ0v) is 18.5. The number of rotatable bonds is 6. The van der Waals surface area contributed by atoms with E-state index in [1.807, 2.05) is 0 Å². The SMILES string of the molecule is O=C1C(=Cc2ccc(SCCO)c([N+](=O)[O-])c2)SC(=S)N1c1ccc(Cl)cc1Cl. The van der Waals surface area contributed by atoms with Crippen LogP contribution in [0.3, 0.4) is 0 Å². The molecule has 1 saturated heterocycles. The number of halogens is 2. The fourth-order valence-corrected chi connectivity index (χ4v) is 5.07. The number of aliphatic hydroxyl groups is 1. The van der Waals surface area contributed by atoms with Gasteiger partial charge in [-0.05, 0) is 35.9 Å². The smallest absolute Gasteiger partial charge is 0.283 e. The molecule has 0 saturated carbocycles. The van der Waals surface area contributed by atoms with Crippen LogP contribution in [0.4, 0.5) is 11.4 Å². The first kappa shape index (κ1) is 22.1. The Morgan fingerprint density at radius 2 is 2.03 bits per heavy atom. The summed E-state index contributed by atoms with van der Waals surface area (Å²) in [7, 11) is 0. The molecule has 1 amide bonds. The van der Waals surface area contributed by atoms with Crippen molar-refractivity contribution in [3.8, 4) is 0 Å². The minimum absolute atomic E-state index is 0.0840. The number of thiocarbonyl (C=S) groups is 1. The van der Waals surface area contributed by atoms with Gasteiger partial charge in [-0.25, -0.2) is 0 Å². The van der Waals surface area contributed by atoms with E-state index in [2.05, 4.69) is 0 Å². The second kappa shape index (κ2) is 9.46. The molecule has 6 nitrogen and oxygen atoms in total. The Morgan fingerprint density at radius 3 is 2.69 bits per heavy atom. The van der Waals surface area contributed by atoms with Gasteiger partial charge in [0.1, 0.15) is 0 Å². The van der Waals surface area contributed by atoms with Crippen molar-refractivity contribution in [1.29, 1.82) is 0 Å². The molecule has 0 spiro atoms. The van der Waals surface area contributed by atoms with Crippen LogP contribution in [0.15, 0.2) is 46.2 Å². The third kappa shape index (κ3) is 4.93. The first-order valence-corrected chi connectivity index (χ1v) is 11.0. The highest BCUT2D eigenvalue weighted by molar-refractivity contribution is 8.27. The Hall–Kier alpha value is -1.62. The van der Waals surface area contributed by atoms with Gasteiger partial charge in [0.25, 0.3) is 11.6 Å². The maximum atomic E-state index is 12.9. The molecule has 0 radical (unpaired) electrons. The number of hydrogen-bond donors (Lipinski definition) is 1. The van der Waals surface area contributed by atoms with Crippen molar-refractivity contribution in [3.05, 3.63) is 67.0 Å². The van der Waals surface area contributed by atoms with Crippen molar-refractivity contribution in [2.24, 2.45) is 0 Å². The molecule has 1 fully saturated rings. The fourth-order valence-electron chi connectivity index (χ4n) is 2.53. The van der Waals surface area contributed by atoms with Crippen LogP contribution in [-0.2, 0) is 4.79 Å². The average molecular weight is 487 g/mol. The summed E-state index contributed by atoms with van der Waals surface area (Å²) < 4.78 is 0.301. The van der Waals surface area contributed by atoms with Gasteiger partial charge in [0.15, 0.2) is 4.32 Å². The maximum absolute atomic E-state index is 12.9. The third-order valence-electron chi connectivity index (χ3n) is 3.77. The minimum atomic E-state index is -0.490. The van der Waals surface area contributed by atoms with Crippen LogP contribution in [0.1, 0.15) is 5.56 Å². The van der Waals surface area contributed by atoms with Gasteiger partial charge in [-0.1, -0.05) is 53.2 Å². The van der Waals surface area contributed by atoms with Gasteiger partial charge >= 0.3 is 0 Å². The number of carbonyl (C=O) groups excluding carboxylic acids is 1. The standard InChI is InChI=1S/C18H12Cl2N2O4S3/c19-11-2-3-13(12(20)9-11)21-17(24)16(29-18(21)27)8-10-1-4-15(28-6-5-23)14(7-10)22(25)26/h1-4,7-9,23H,5-6H2. The van der Waals surface area contributed by atoms with Gasteiger partial charge in [-0.15, -0.1) is 11.8 Å². The molecular formula is C18H12Cl2N2O4S3. The molecule has 29 heavy (non-hydrogen) atoms. The van der Waals surface area contributed by atoms with Crippen LogP contribution in [-0.4, -0.2) is 32.6 Å². The van der Waals surface area contributed by atoms with Crippen molar-refractivity contribution in [3.63, 3.8) is 0 Å². The summed E-state index contributed by atoms with van der Waals surface area (Å²) in [6.45, 7) is -0.0840. The van der Waals surface area contributed by atoms with Crippen molar-refractivity contribution in [1.82, 2.24) is 0 Å². The van der Waals surface area contributed by atoms with Crippen molar-refractivity contribution in [2.45, 2.75) is 4.90 Å². The molecule has 1 N–H and O–H groups in total. The summed E-state index contributed by atoms with van der Waals surface area (Å²) >= 11 is 19.7. The summed E-state index contributed by atoms with van der Waals surface area (Å²) in [5.41, 5.74) is 0.824. The predicted molar refractivity (Wildman–Crippen MR) is 123 cm³/mol. The second-order valence-electron chi connectivity index (χ2n) is 5.67. The van der Waals surface area contributed by atoms with Gasteiger partial charge in [-0.3, -0.25) is 19.8 Å². The van der Waals surface area contributed by atoms with Crippen LogP contribution in [0.25, 0.3) is 6.08 Å². The molecule has 0 atom stereocenters. The molecule has 1 heterocycles. The largest absolute Gasteiger partial charge is 0.396 e. The number of carbonyl (C=O) groups is 1. The van der Waals surface area contributed by atoms with Crippen LogP contribution < -0.4 is 4.90 Å². The number of nitro groups is 1. The molecule has 0 bridgehead atoms. The van der Waals surface area contributed by atoms with E-state index in [0.29, 0.717) is 36.1 Å². The third-order valence-corrected chi connectivity index (χ3v) is 6.65. The quantitative estimate of drug-likeness (QED) is 0.192. The zero-order chi connectivity index (χ0) is 21.1. The molecule has 0 unspecified atom stereocenters. The van der Waals surface area contributed by atoms with E-state index in [1.54, 1.807) is 30.3 Å². The maximum Gasteiger partial charge on any atom is 0.283 e. The average Bonchev–Trinajstić information content (AvgIpc) is 2.94. The first-order chi connectivity index (χ1) is 13.8. The number of anilines is 1. The monoisotopic (exact) mass is 486 g/mol. The Balaban J connectivity index is 1.93. The highest BCUT2D eigenvalue weighted by Gasteiger charge is 2.34. The lowest BCUT2D eigenvalue weighted by Gasteiger charge is -2.16. The van der Waals surface area contributed by atoms with Crippen molar-refractivity contribution >= 4 is 86.6 Å². The van der Waals surface area contributed by atoms with Crippen molar-refractivity contribution < 1.29 is 14.8 Å². The summed E-state index contributed by atoms with van der Waals surface area (Å²) in [4.78, 5) is 25.8. The highest BCUT2D eigenvalue weighted by atomic mass is 35.5. The van der Waals surface area contributed by atoms with E-state index in [9.17, 15) is 14.9 Å². The Labute approximate surface area is 190 Å². The van der Waals surface area contributed by atoms with E-state index in [-0.39, 0.29) is 23.2 Å². The number of benzene rings is 2. The van der Waals surface area contributed by atoms with Gasteiger partial charge in [-0.2, -0.15) is 0 Å². The lowest BCUT2D eigenvalue weighted by atomic mass is 10.2. The number of nitro benzene ring substituents is 1. The number of nitrogens with zero attached hydrogens (tertiary/aromatic N) is 2. The molecule has 2 aromatic rings. The molecule has 2 aromatic carbocycles. The Morgan fingerprint density at radius 1 is 1.28 bits per heavy atom. The first-order valence-electron chi connectivity index (χ1n) is 8.07. The van der Waals surface area contributed by atoms with Crippen molar-refractivity contribution in [2.75, 3.05) is 17.3 Å². The van der Waals surface area contributed by atoms with Gasteiger partial charge in [0.05, 0.1) is 32.0 Å². The van der Waals surface area contributed by atoms with Gasteiger partial charge in [0, 0.05) is 16.8 Å².